The van der Waals surface area contributed by atoms with Crippen molar-refractivity contribution in [1.82, 2.24) is 10.3 Å². The molecule has 2 heteroatoms. The third-order valence-electron chi connectivity index (χ3n) is 4.75. The minimum Gasteiger partial charge on any atom is -0.316 e. The summed E-state index contributed by atoms with van der Waals surface area (Å²) < 4.78 is 0. The van der Waals surface area contributed by atoms with Gasteiger partial charge in [-0.15, -0.1) is 0 Å². The van der Waals surface area contributed by atoms with Gasteiger partial charge in [0, 0.05) is 12.4 Å². The Morgan fingerprint density at radius 3 is 2.70 bits per heavy atom. The number of aromatic nitrogens is 1. The van der Waals surface area contributed by atoms with Gasteiger partial charge < -0.3 is 5.32 Å². The number of nitrogens with one attached hydrogen (secondary N) is 1. The van der Waals surface area contributed by atoms with E-state index in [9.17, 15) is 0 Å². The average molecular weight is 274 g/mol. The first-order valence-corrected chi connectivity index (χ1v) is 8.20. The van der Waals surface area contributed by atoms with E-state index in [0.717, 1.165) is 18.4 Å². The van der Waals surface area contributed by atoms with Crippen molar-refractivity contribution < 1.29 is 0 Å². The molecule has 1 heterocycles. The second-order valence-electron chi connectivity index (χ2n) is 7.19. The van der Waals surface area contributed by atoms with Crippen molar-refractivity contribution in [3.05, 3.63) is 30.1 Å². The molecule has 0 radical (unpaired) electrons. The van der Waals surface area contributed by atoms with E-state index in [1.807, 2.05) is 12.4 Å². The van der Waals surface area contributed by atoms with Crippen LogP contribution in [0.15, 0.2) is 24.5 Å². The maximum atomic E-state index is 4.13. The third-order valence-corrected chi connectivity index (χ3v) is 4.75. The highest BCUT2D eigenvalue weighted by molar-refractivity contribution is 5.11. The lowest BCUT2D eigenvalue weighted by Gasteiger charge is -2.41. The summed E-state index contributed by atoms with van der Waals surface area (Å²) in [4.78, 5) is 4.13. The molecule has 0 aliphatic heterocycles. The first kappa shape index (κ1) is 15.5. The highest BCUT2D eigenvalue weighted by atomic mass is 14.9. The van der Waals surface area contributed by atoms with Crippen molar-refractivity contribution in [1.29, 1.82) is 0 Å². The normalized spacial score (nSPS) is 25.6. The minimum atomic E-state index is 0.513. The molecule has 1 N–H and O–H groups in total. The summed E-state index contributed by atoms with van der Waals surface area (Å²) in [5.74, 6) is 1.65. The molecule has 0 aromatic carbocycles. The Balaban J connectivity index is 1.98. The Morgan fingerprint density at radius 1 is 1.25 bits per heavy atom. The molecule has 20 heavy (non-hydrogen) atoms. The molecule has 1 saturated carbocycles. The summed E-state index contributed by atoms with van der Waals surface area (Å²) in [6.45, 7) is 9.46. The molecule has 0 spiro atoms. The van der Waals surface area contributed by atoms with Gasteiger partial charge in [-0.3, -0.25) is 4.98 Å². The Morgan fingerprint density at radius 2 is 2.00 bits per heavy atom. The molecule has 1 aromatic heterocycles. The van der Waals surface area contributed by atoms with Gasteiger partial charge in [-0.25, -0.2) is 0 Å². The number of hydrogen-bond donors (Lipinski definition) is 1. The zero-order valence-corrected chi connectivity index (χ0v) is 13.4. The summed E-state index contributed by atoms with van der Waals surface area (Å²) >= 11 is 0. The van der Waals surface area contributed by atoms with Crippen LogP contribution in [0.4, 0.5) is 0 Å². The zero-order valence-electron chi connectivity index (χ0n) is 13.4. The predicted octanol–water partition coefficient (Wildman–Crippen LogP) is 4.07. The van der Waals surface area contributed by atoms with Crippen LogP contribution in [-0.4, -0.2) is 18.1 Å². The molecule has 2 nitrogen and oxygen atoms in total. The van der Waals surface area contributed by atoms with Gasteiger partial charge >= 0.3 is 0 Å². The highest BCUT2D eigenvalue weighted by Crippen LogP contribution is 2.42. The second-order valence-corrected chi connectivity index (χ2v) is 7.19. The van der Waals surface area contributed by atoms with E-state index in [1.165, 1.54) is 44.2 Å². The largest absolute Gasteiger partial charge is 0.316 e. The van der Waals surface area contributed by atoms with Crippen LogP contribution in [0.2, 0.25) is 0 Å². The van der Waals surface area contributed by atoms with Gasteiger partial charge in [0.1, 0.15) is 0 Å². The highest BCUT2D eigenvalue weighted by Gasteiger charge is 2.34. The van der Waals surface area contributed by atoms with Crippen LogP contribution < -0.4 is 5.32 Å². The summed E-state index contributed by atoms with van der Waals surface area (Å²) in [6, 6.07) is 4.36. The molecule has 112 valence electrons. The Hall–Kier alpha value is -0.890. The van der Waals surface area contributed by atoms with Crippen LogP contribution in [-0.2, 0) is 6.42 Å². The quantitative estimate of drug-likeness (QED) is 0.791. The molecular formula is C18H30N2. The molecular weight excluding hydrogens is 244 g/mol. The molecule has 0 amide bonds. The van der Waals surface area contributed by atoms with Crippen molar-refractivity contribution >= 4 is 0 Å². The van der Waals surface area contributed by atoms with Gasteiger partial charge in [-0.2, -0.15) is 0 Å². The van der Waals surface area contributed by atoms with Crippen molar-refractivity contribution in [2.24, 2.45) is 17.3 Å². The molecule has 2 atom stereocenters. The van der Waals surface area contributed by atoms with Crippen LogP contribution in [0.25, 0.3) is 0 Å². The van der Waals surface area contributed by atoms with Crippen LogP contribution in [0.1, 0.15) is 52.0 Å². The molecule has 0 bridgehead atoms. The van der Waals surface area contributed by atoms with Gasteiger partial charge in [0.05, 0.1) is 0 Å². The molecule has 1 aliphatic carbocycles. The number of rotatable bonds is 6. The van der Waals surface area contributed by atoms with E-state index >= 15 is 0 Å². The van der Waals surface area contributed by atoms with Gasteiger partial charge in [0.15, 0.2) is 0 Å². The summed E-state index contributed by atoms with van der Waals surface area (Å²) in [5, 5.41) is 3.64. The van der Waals surface area contributed by atoms with Gasteiger partial charge in [-0.05, 0) is 80.1 Å². The Bertz CT molecular complexity index is 386. The fourth-order valence-electron chi connectivity index (χ4n) is 3.58. The molecule has 0 saturated heterocycles. The maximum Gasteiger partial charge on any atom is 0.0270 e. The minimum absolute atomic E-state index is 0.513. The van der Waals surface area contributed by atoms with Crippen molar-refractivity contribution in [2.45, 2.75) is 52.9 Å². The van der Waals surface area contributed by atoms with Crippen LogP contribution in [0.5, 0.6) is 0 Å². The summed E-state index contributed by atoms with van der Waals surface area (Å²) in [7, 11) is 0. The molecule has 2 unspecified atom stereocenters. The SMILES string of the molecule is CCCNCC1CCC(C)(C)CC1Cc1ccncc1. The fraction of sp³-hybridized carbons (Fsp3) is 0.722. The zero-order chi connectivity index (χ0) is 14.4. The van der Waals surface area contributed by atoms with Crippen LogP contribution in [0, 0.1) is 17.3 Å². The van der Waals surface area contributed by atoms with E-state index in [4.69, 9.17) is 0 Å². The first-order chi connectivity index (χ1) is 9.61. The maximum absolute atomic E-state index is 4.13. The van der Waals surface area contributed by atoms with Crippen LogP contribution >= 0.6 is 0 Å². The lowest BCUT2D eigenvalue weighted by Crippen LogP contribution is -2.37. The standard InChI is InChI=1S/C18H30N2/c1-4-9-20-14-16-5-8-18(2,3)13-17(16)12-15-6-10-19-11-7-15/h6-7,10-11,16-17,20H,4-5,8-9,12-14H2,1-3H3. The third kappa shape index (κ3) is 4.59. The average Bonchev–Trinajstić information content (AvgIpc) is 2.42. The van der Waals surface area contributed by atoms with E-state index in [0.29, 0.717) is 5.41 Å². The van der Waals surface area contributed by atoms with Gasteiger partial charge in [-0.1, -0.05) is 20.8 Å². The lowest BCUT2D eigenvalue weighted by atomic mass is 9.65. The topological polar surface area (TPSA) is 24.9 Å². The monoisotopic (exact) mass is 274 g/mol. The summed E-state index contributed by atoms with van der Waals surface area (Å²) in [5.41, 5.74) is 1.96. The van der Waals surface area contributed by atoms with Crippen molar-refractivity contribution in [2.75, 3.05) is 13.1 Å². The van der Waals surface area contributed by atoms with E-state index < -0.39 is 0 Å². The Kier molecular flexibility index (Phi) is 5.59. The molecule has 1 fully saturated rings. The predicted molar refractivity (Wildman–Crippen MR) is 85.7 cm³/mol. The van der Waals surface area contributed by atoms with Gasteiger partial charge in [0.25, 0.3) is 0 Å². The van der Waals surface area contributed by atoms with E-state index in [1.54, 1.807) is 0 Å². The Labute approximate surface area is 124 Å². The smallest absolute Gasteiger partial charge is 0.0270 e. The molecule has 2 rings (SSSR count). The first-order valence-electron chi connectivity index (χ1n) is 8.20. The lowest BCUT2D eigenvalue weighted by molar-refractivity contribution is 0.116. The van der Waals surface area contributed by atoms with Crippen molar-refractivity contribution in [3.8, 4) is 0 Å². The van der Waals surface area contributed by atoms with E-state index in [-0.39, 0.29) is 0 Å². The van der Waals surface area contributed by atoms with Crippen molar-refractivity contribution in [3.63, 3.8) is 0 Å². The van der Waals surface area contributed by atoms with E-state index in [2.05, 4.69) is 43.2 Å². The molecule has 1 aromatic rings. The second kappa shape index (κ2) is 7.21. The fourth-order valence-corrected chi connectivity index (χ4v) is 3.58. The van der Waals surface area contributed by atoms with Gasteiger partial charge in [0.2, 0.25) is 0 Å². The number of nitrogens with zero attached hydrogens (tertiary/aromatic N) is 1. The summed E-state index contributed by atoms with van der Waals surface area (Å²) in [6.07, 6.45) is 10.4. The molecule has 1 aliphatic rings. The number of hydrogen-bond acceptors (Lipinski definition) is 2. The van der Waals surface area contributed by atoms with Crippen LogP contribution in [0.3, 0.4) is 0 Å². The number of pyridine rings is 1.